The van der Waals surface area contributed by atoms with Crippen molar-refractivity contribution in [3.8, 4) is 0 Å². The van der Waals surface area contributed by atoms with Gasteiger partial charge in [-0.1, -0.05) is 31.0 Å². The lowest BCUT2D eigenvalue weighted by Gasteiger charge is -2.29. The van der Waals surface area contributed by atoms with E-state index in [1.54, 1.807) is 12.3 Å². The van der Waals surface area contributed by atoms with Gasteiger partial charge in [0.1, 0.15) is 0 Å². The Kier molecular flexibility index (Phi) is 3.65. The molecule has 1 amide bonds. The zero-order chi connectivity index (χ0) is 13.9. The fourth-order valence-electron chi connectivity index (χ4n) is 2.88. The minimum absolute atomic E-state index is 0.0500. The Morgan fingerprint density at radius 1 is 1.20 bits per heavy atom. The number of pyridine rings is 1. The zero-order valence-electron chi connectivity index (χ0n) is 11.4. The van der Waals surface area contributed by atoms with Gasteiger partial charge in [0.05, 0.1) is 11.1 Å². The first-order valence-corrected chi connectivity index (χ1v) is 7.16. The minimum atomic E-state index is -0.0500. The third kappa shape index (κ3) is 2.51. The molecule has 1 saturated carbocycles. The largest absolute Gasteiger partial charge is 0.348 e. The molecule has 3 rings (SSSR count). The summed E-state index contributed by atoms with van der Waals surface area (Å²) in [6.07, 6.45) is 5.93. The molecule has 104 valence electrons. The summed E-state index contributed by atoms with van der Waals surface area (Å²) < 4.78 is 0. The molecule has 1 aromatic carbocycles. The molecule has 2 atom stereocenters. The van der Waals surface area contributed by atoms with E-state index in [4.69, 9.17) is 5.73 Å². The Morgan fingerprint density at radius 2 is 2.00 bits per heavy atom. The van der Waals surface area contributed by atoms with Crippen LogP contribution in [0.1, 0.15) is 36.0 Å². The van der Waals surface area contributed by atoms with Crippen LogP contribution in [0, 0.1) is 0 Å². The SMILES string of the molecule is NC1CCCCC1NC(=O)c1ccnc2ccccc12. The summed E-state index contributed by atoms with van der Waals surface area (Å²) in [5.74, 6) is -0.0500. The van der Waals surface area contributed by atoms with Gasteiger partial charge in [-0.2, -0.15) is 0 Å². The number of rotatable bonds is 2. The number of aromatic nitrogens is 1. The number of fused-ring (bicyclic) bond motifs is 1. The molecule has 0 radical (unpaired) electrons. The highest BCUT2D eigenvalue weighted by Crippen LogP contribution is 2.19. The first-order chi connectivity index (χ1) is 9.75. The molecule has 1 heterocycles. The number of nitrogens with two attached hydrogens (primary N) is 1. The zero-order valence-corrected chi connectivity index (χ0v) is 11.4. The second kappa shape index (κ2) is 5.59. The van der Waals surface area contributed by atoms with E-state index in [-0.39, 0.29) is 18.0 Å². The number of hydrogen-bond donors (Lipinski definition) is 2. The Morgan fingerprint density at radius 3 is 2.85 bits per heavy atom. The first-order valence-electron chi connectivity index (χ1n) is 7.16. The molecule has 0 spiro atoms. The standard InChI is InChI=1S/C16H19N3O/c17-13-6-2-4-8-15(13)19-16(20)12-9-10-18-14-7-3-1-5-11(12)14/h1,3,5,7,9-10,13,15H,2,4,6,8,17H2,(H,19,20). The summed E-state index contributed by atoms with van der Waals surface area (Å²) in [7, 11) is 0. The van der Waals surface area contributed by atoms with Crippen LogP contribution >= 0.6 is 0 Å². The van der Waals surface area contributed by atoms with Crippen molar-refractivity contribution in [1.82, 2.24) is 10.3 Å². The van der Waals surface area contributed by atoms with E-state index in [2.05, 4.69) is 10.3 Å². The van der Waals surface area contributed by atoms with Crippen molar-refractivity contribution in [2.75, 3.05) is 0 Å². The van der Waals surface area contributed by atoms with E-state index in [1.165, 1.54) is 0 Å². The van der Waals surface area contributed by atoms with Gasteiger partial charge in [-0.15, -0.1) is 0 Å². The predicted octanol–water partition coefficient (Wildman–Crippen LogP) is 2.23. The van der Waals surface area contributed by atoms with Gasteiger partial charge in [0, 0.05) is 23.7 Å². The molecular weight excluding hydrogens is 250 g/mol. The molecule has 20 heavy (non-hydrogen) atoms. The van der Waals surface area contributed by atoms with Crippen LogP contribution in [0.4, 0.5) is 0 Å². The van der Waals surface area contributed by atoms with Gasteiger partial charge in [-0.05, 0) is 25.0 Å². The number of carbonyl (C=O) groups excluding carboxylic acids is 1. The van der Waals surface area contributed by atoms with Crippen LogP contribution in [-0.4, -0.2) is 23.0 Å². The Hall–Kier alpha value is -1.94. The summed E-state index contributed by atoms with van der Waals surface area (Å²) in [6, 6.07) is 9.62. The summed E-state index contributed by atoms with van der Waals surface area (Å²) in [5.41, 5.74) is 7.61. The highest BCUT2D eigenvalue weighted by atomic mass is 16.1. The average Bonchev–Trinajstić information content (AvgIpc) is 2.49. The Labute approximate surface area is 118 Å². The highest BCUT2D eigenvalue weighted by molar-refractivity contribution is 6.06. The third-order valence-electron chi connectivity index (χ3n) is 4.03. The van der Waals surface area contributed by atoms with E-state index in [0.717, 1.165) is 36.6 Å². The van der Waals surface area contributed by atoms with Crippen LogP contribution in [0.3, 0.4) is 0 Å². The number of benzene rings is 1. The lowest BCUT2D eigenvalue weighted by molar-refractivity contribution is 0.0923. The smallest absolute Gasteiger partial charge is 0.252 e. The minimum Gasteiger partial charge on any atom is -0.348 e. The molecule has 2 aromatic rings. The summed E-state index contributed by atoms with van der Waals surface area (Å²) in [6.45, 7) is 0. The predicted molar refractivity (Wildman–Crippen MR) is 79.4 cm³/mol. The van der Waals surface area contributed by atoms with Gasteiger partial charge in [0.2, 0.25) is 0 Å². The number of hydrogen-bond acceptors (Lipinski definition) is 3. The van der Waals surface area contributed by atoms with Crippen LogP contribution in [0.5, 0.6) is 0 Å². The quantitative estimate of drug-likeness (QED) is 0.878. The van der Waals surface area contributed by atoms with Crippen LogP contribution < -0.4 is 11.1 Å². The molecule has 4 heteroatoms. The number of nitrogens with one attached hydrogen (secondary N) is 1. The fraction of sp³-hybridized carbons (Fsp3) is 0.375. The normalized spacial score (nSPS) is 22.6. The van der Waals surface area contributed by atoms with Gasteiger partial charge in [-0.3, -0.25) is 9.78 Å². The van der Waals surface area contributed by atoms with Gasteiger partial charge in [-0.25, -0.2) is 0 Å². The maximum absolute atomic E-state index is 12.5. The topological polar surface area (TPSA) is 68.0 Å². The van der Waals surface area contributed by atoms with E-state index in [9.17, 15) is 4.79 Å². The molecule has 0 bridgehead atoms. The second-order valence-corrected chi connectivity index (χ2v) is 5.40. The van der Waals surface area contributed by atoms with E-state index < -0.39 is 0 Å². The van der Waals surface area contributed by atoms with E-state index >= 15 is 0 Å². The van der Waals surface area contributed by atoms with Crippen molar-refractivity contribution in [1.29, 1.82) is 0 Å². The number of carbonyl (C=O) groups is 1. The average molecular weight is 269 g/mol. The van der Waals surface area contributed by atoms with Crippen molar-refractivity contribution in [2.45, 2.75) is 37.8 Å². The lowest BCUT2D eigenvalue weighted by Crippen LogP contribution is -2.49. The van der Waals surface area contributed by atoms with Crippen LogP contribution in [0.25, 0.3) is 10.9 Å². The first kappa shape index (κ1) is 13.1. The van der Waals surface area contributed by atoms with Gasteiger partial charge < -0.3 is 11.1 Å². The van der Waals surface area contributed by atoms with Crippen molar-refractivity contribution in [3.05, 3.63) is 42.1 Å². The fourth-order valence-corrected chi connectivity index (χ4v) is 2.88. The maximum atomic E-state index is 12.5. The summed E-state index contributed by atoms with van der Waals surface area (Å²) in [4.78, 5) is 16.8. The van der Waals surface area contributed by atoms with Crippen LogP contribution in [0.2, 0.25) is 0 Å². The lowest BCUT2D eigenvalue weighted by atomic mass is 9.91. The molecule has 1 fully saturated rings. The molecule has 2 unspecified atom stereocenters. The van der Waals surface area contributed by atoms with Crippen LogP contribution in [-0.2, 0) is 0 Å². The van der Waals surface area contributed by atoms with Gasteiger partial charge >= 0.3 is 0 Å². The third-order valence-corrected chi connectivity index (χ3v) is 4.03. The van der Waals surface area contributed by atoms with E-state index in [0.29, 0.717) is 5.56 Å². The number of amides is 1. The van der Waals surface area contributed by atoms with Crippen molar-refractivity contribution in [2.24, 2.45) is 5.73 Å². The van der Waals surface area contributed by atoms with E-state index in [1.807, 2.05) is 24.3 Å². The number of para-hydroxylation sites is 1. The molecule has 1 aliphatic rings. The molecule has 1 aromatic heterocycles. The molecular formula is C16H19N3O. The second-order valence-electron chi connectivity index (χ2n) is 5.40. The Bertz CT molecular complexity index is 621. The van der Waals surface area contributed by atoms with Crippen molar-refractivity contribution in [3.63, 3.8) is 0 Å². The summed E-state index contributed by atoms with van der Waals surface area (Å²) in [5, 5.41) is 3.97. The van der Waals surface area contributed by atoms with Gasteiger partial charge in [0.25, 0.3) is 5.91 Å². The Balaban J connectivity index is 1.85. The van der Waals surface area contributed by atoms with Gasteiger partial charge in [0.15, 0.2) is 0 Å². The number of nitrogens with zero attached hydrogens (tertiary/aromatic N) is 1. The van der Waals surface area contributed by atoms with Crippen molar-refractivity contribution < 1.29 is 4.79 Å². The van der Waals surface area contributed by atoms with Crippen molar-refractivity contribution >= 4 is 16.8 Å². The monoisotopic (exact) mass is 269 g/mol. The molecule has 1 aliphatic carbocycles. The van der Waals surface area contributed by atoms with Crippen LogP contribution in [0.15, 0.2) is 36.5 Å². The molecule has 4 nitrogen and oxygen atoms in total. The molecule has 0 aliphatic heterocycles. The summed E-state index contributed by atoms with van der Waals surface area (Å²) >= 11 is 0. The molecule has 0 saturated heterocycles. The molecule has 3 N–H and O–H groups in total. The highest BCUT2D eigenvalue weighted by Gasteiger charge is 2.24. The maximum Gasteiger partial charge on any atom is 0.252 e.